The van der Waals surface area contributed by atoms with Gasteiger partial charge in [0.25, 0.3) is 15.9 Å². The number of rotatable bonds is 10. The minimum absolute atomic E-state index is 0.0513. The van der Waals surface area contributed by atoms with Gasteiger partial charge in [0, 0.05) is 23.7 Å². The summed E-state index contributed by atoms with van der Waals surface area (Å²) in [6.45, 7) is 1.86. The molecule has 0 aliphatic heterocycles. The third kappa shape index (κ3) is 7.21. The Labute approximate surface area is 224 Å². The molecule has 4 aromatic rings. The van der Waals surface area contributed by atoms with Gasteiger partial charge >= 0.3 is 0 Å². The number of aryl methyl sites for hydroxylation is 1. The molecular formula is C27H23N5O6S. The van der Waals surface area contributed by atoms with Crippen molar-refractivity contribution in [1.82, 2.24) is 9.97 Å². The highest BCUT2D eigenvalue weighted by Crippen LogP contribution is 2.21. The molecule has 2 aromatic carbocycles. The zero-order valence-electron chi connectivity index (χ0n) is 20.9. The van der Waals surface area contributed by atoms with Gasteiger partial charge in [-0.1, -0.05) is 0 Å². The van der Waals surface area contributed by atoms with Crippen LogP contribution in [0.15, 0.2) is 87.8 Å². The van der Waals surface area contributed by atoms with Gasteiger partial charge in [-0.3, -0.25) is 4.79 Å². The predicted molar refractivity (Wildman–Crippen MR) is 142 cm³/mol. The maximum absolute atomic E-state index is 12.6. The summed E-state index contributed by atoms with van der Waals surface area (Å²) in [6.07, 6.45) is 2.75. The molecule has 39 heavy (non-hydrogen) atoms. The number of anilines is 2. The van der Waals surface area contributed by atoms with E-state index in [4.69, 9.17) is 13.9 Å². The fourth-order valence-electron chi connectivity index (χ4n) is 3.26. The number of sulfonamides is 1. The molecule has 0 spiro atoms. The molecule has 2 heterocycles. The van der Waals surface area contributed by atoms with Crippen molar-refractivity contribution < 1.29 is 27.1 Å². The Morgan fingerprint density at radius 3 is 2.44 bits per heavy atom. The number of nitrogens with one attached hydrogen (secondary N) is 2. The Hall–Kier alpha value is -5.15. The van der Waals surface area contributed by atoms with E-state index >= 15 is 0 Å². The van der Waals surface area contributed by atoms with Crippen molar-refractivity contribution in [2.75, 3.05) is 17.1 Å². The average molecular weight is 546 g/mol. The predicted octanol–water partition coefficient (Wildman–Crippen LogP) is 4.31. The van der Waals surface area contributed by atoms with Crippen LogP contribution in [0.4, 0.5) is 11.6 Å². The van der Waals surface area contributed by atoms with E-state index in [1.807, 2.05) is 6.07 Å². The highest BCUT2D eigenvalue weighted by Gasteiger charge is 2.17. The second-order valence-electron chi connectivity index (χ2n) is 8.04. The molecule has 0 unspecified atom stereocenters. The van der Waals surface area contributed by atoms with Gasteiger partial charge in [-0.25, -0.2) is 23.1 Å². The smallest absolute Gasteiger partial charge is 0.266 e. The summed E-state index contributed by atoms with van der Waals surface area (Å²) in [5.41, 5.74) is 0.691. The Bertz CT molecular complexity index is 1640. The second-order valence-corrected chi connectivity index (χ2v) is 9.73. The van der Waals surface area contributed by atoms with Crippen LogP contribution in [0.1, 0.15) is 17.2 Å². The van der Waals surface area contributed by atoms with Crippen molar-refractivity contribution >= 4 is 33.6 Å². The summed E-state index contributed by atoms with van der Waals surface area (Å²) in [5.74, 6) is 1.38. The summed E-state index contributed by atoms with van der Waals surface area (Å²) in [4.78, 5) is 20.5. The zero-order valence-corrected chi connectivity index (χ0v) is 21.7. The van der Waals surface area contributed by atoms with Crippen molar-refractivity contribution in [3.8, 4) is 17.6 Å². The highest BCUT2D eigenvalue weighted by molar-refractivity contribution is 7.92. The molecule has 2 N–H and O–H groups in total. The third-order valence-electron chi connectivity index (χ3n) is 5.22. The molecule has 4 rings (SSSR count). The molecule has 0 saturated heterocycles. The van der Waals surface area contributed by atoms with Crippen LogP contribution < -0.4 is 19.5 Å². The summed E-state index contributed by atoms with van der Waals surface area (Å²) in [7, 11) is -2.36. The largest absolute Gasteiger partial charge is 0.497 e. The SMILES string of the molecule is COc1ccc(OCc2ccc(C=C(C#N)C(=O)Nc3ccc(S(=O)(=O)Nc4nccc(C)n4)cc3)o2)cc1. The Morgan fingerprint density at radius 1 is 1.05 bits per heavy atom. The highest BCUT2D eigenvalue weighted by atomic mass is 32.2. The lowest BCUT2D eigenvalue weighted by atomic mass is 10.2. The zero-order chi connectivity index (χ0) is 27.8. The molecule has 0 aliphatic rings. The molecule has 198 valence electrons. The van der Waals surface area contributed by atoms with E-state index in [1.165, 1.54) is 36.5 Å². The van der Waals surface area contributed by atoms with E-state index in [-0.39, 0.29) is 23.0 Å². The van der Waals surface area contributed by atoms with Gasteiger partial charge in [0.15, 0.2) is 0 Å². The van der Waals surface area contributed by atoms with Crippen molar-refractivity contribution in [2.45, 2.75) is 18.4 Å². The first-order valence-electron chi connectivity index (χ1n) is 11.5. The summed E-state index contributed by atoms with van der Waals surface area (Å²) < 4.78 is 43.9. The number of benzene rings is 2. The summed E-state index contributed by atoms with van der Waals surface area (Å²) >= 11 is 0. The monoisotopic (exact) mass is 545 g/mol. The van der Waals surface area contributed by atoms with Crippen LogP contribution in [-0.4, -0.2) is 31.4 Å². The molecule has 0 fully saturated rings. The topological polar surface area (TPSA) is 156 Å². The van der Waals surface area contributed by atoms with Crippen molar-refractivity contribution in [1.29, 1.82) is 5.26 Å². The maximum atomic E-state index is 12.6. The molecule has 2 aromatic heterocycles. The number of aromatic nitrogens is 2. The number of amides is 1. The van der Waals surface area contributed by atoms with Gasteiger partial charge in [0.1, 0.15) is 41.3 Å². The van der Waals surface area contributed by atoms with E-state index in [0.29, 0.717) is 34.4 Å². The number of ether oxygens (including phenoxy) is 2. The number of carbonyl (C=O) groups is 1. The number of methoxy groups -OCH3 is 1. The molecule has 0 aliphatic carbocycles. The standard InChI is InChI=1S/C27H23N5O6S/c1-18-13-14-29-27(30-18)32-39(34,35)25-11-3-20(4-12-25)31-26(33)19(16-28)15-23-9-10-24(38-23)17-37-22-7-5-21(36-2)6-8-22/h3-15H,17H2,1-2H3,(H,31,33)(H,29,30,32). The lowest BCUT2D eigenvalue weighted by Gasteiger charge is -2.08. The third-order valence-corrected chi connectivity index (χ3v) is 6.56. The fourth-order valence-corrected chi connectivity index (χ4v) is 4.21. The molecule has 1 amide bonds. The lowest BCUT2D eigenvalue weighted by Crippen LogP contribution is -2.16. The molecule has 0 bridgehead atoms. The number of nitriles is 1. The molecule has 12 heteroatoms. The first-order chi connectivity index (χ1) is 18.8. The van der Waals surface area contributed by atoms with Crippen molar-refractivity contribution in [3.05, 3.63) is 95.7 Å². The molecule has 0 saturated carbocycles. The van der Waals surface area contributed by atoms with Crippen LogP contribution in [-0.2, 0) is 21.4 Å². The van der Waals surface area contributed by atoms with Crippen LogP contribution in [0.3, 0.4) is 0 Å². The van der Waals surface area contributed by atoms with Gasteiger partial charge in [0.05, 0.1) is 12.0 Å². The minimum atomic E-state index is -3.94. The van der Waals surface area contributed by atoms with Crippen molar-refractivity contribution in [2.24, 2.45) is 0 Å². The van der Waals surface area contributed by atoms with E-state index in [1.54, 1.807) is 56.5 Å². The van der Waals surface area contributed by atoms with Crippen LogP contribution in [0.25, 0.3) is 6.08 Å². The fraction of sp³-hybridized carbons (Fsp3) is 0.111. The van der Waals surface area contributed by atoms with E-state index in [9.17, 15) is 18.5 Å². The van der Waals surface area contributed by atoms with Crippen LogP contribution in [0, 0.1) is 18.3 Å². The van der Waals surface area contributed by atoms with E-state index in [0.717, 1.165) is 0 Å². The quantitative estimate of drug-likeness (QED) is 0.219. The van der Waals surface area contributed by atoms with Crippen LogP contribution >= 0.6 is 0 Å². The maximum Gasteiger partial charge on any atom is 0.266 e. The Kier molecular flexibility index (Phi) is 8.23. The minimum Gasteiger partial charge on any atom is -0.497 e. The van der Waals surface area contributed by atoms with Gasteiger partial charge in [-0.2, -0.15) is 5.26 Å². The first-order valence-corrected chi connectivity index (χ1v) is 13.0. The lowest BCUT2D eigenvalue weighted by molar-refractivity contribution is -0.112. The average Bonchev–Trinajstić information content (AvgIpc) is 3.38. The van der Waals surface area contributed by atoms with Gasteiger partial charge in [-0.05, 0) is 73.7 Å². The van der Waals surface area contributed by atoms with E-state index < -0.39 is 15.9 Å². The number of hydrogen-bond acceptors (Lipinski definition) is 9. The molecule has 0 atom stereocenters. The van der Waals surface area contributed by atoms with Gasteiger partial charge in [0.2, 0.25) is 5.95 Å². The summed E-state index contributed by atoms with van der Waals surface area (Å²) in [5, 5.41) is 12.1. The van der Waals surface area contributed by atoms with Gasteiger partial charge < -0.3 is 19.2 Å². The number of furan rings is 1. The number of carbonyl (C=O) groups excluding carboxylic acids is 1. The number of nitrogens with zero attached hydrogens (tertiary/aromatic N) is 3. The van der Waals surface area contributed by atoms with Crippen molar-refractivity contribution in [3.63, 3.8) is 0 Å². The van der Waals surface area contributed by atoms with E-state index in [2.05, 4.69) is 20.0 Å². The second kappa shape index (κ2) is 11.9. The van der Waals surface area contributed by atoms with Crippen LogP contribution in [0.2, 0.25) is 0 Å². The first kappa shape index (κ1) is 26.9. The normalized spacial score (nSPS) is 11.4. The Morgan fingerprint density at radius 2 is 1.77 bits per heavy atom. The molecule has 0 radical (unpaired) electrons. The molecular weight excluding hydrogens is 522 g/mol. The number of hydrogen-bond donors (Lipinski definition) is 2. The molecule has 11 nitrogen and oxygen atoms in total. The summed E-state index contributed by atoms with van der Waals surface area (Å²) in [6, 6.07) is 19.3. The Balaban J connectivity index is 1.37. The van der Waals surface area contributed by atoms with Crippen LogP contribution in [0.5, 0.6) is 11.5 Å². The van der Waals surface area contributed by atoms with Gasteiger partial charge in [-0.15, -0.1) is 0 Å².